The summed E-state index contributed by atoms with van der Waals surface area (Å²) in [6.45, 7) is 2.71. The van der Waals surface area contributed by atoms with E-state index in [1.807, 2.05) is 11.8 Å². The molecule has 1 aromatic carbocycles. The number of anilines is 1. The number of nitrogens with one attached hydrogen (secondary N) is 1. The van der Waals surface area contributed by atoms with E-state index in [1.165, 1.54) is 18.2 Å². The maximum absolute atomic E-state index is 13.7. The minimum Gasteiger partial charge on any atom is -0.478 e. The van der Waals surface area contributed by atoms with Gasteiger partial charge in [-0.2, -0.15) is 11.8 Å². The fraction of sp³-hybridized carbons (Fsp3) is 0.462. The molecule has 1 atom stereocenters. The Hall–Kier alpha value is -1.23. The van der Waals surface area contributed by atoms with E-state index in [0.29, 0.717) is 6.54 Å². The average molecular weight is 269 g/mol. The minimum absolute atomic E-state index is 0.0124. The molecule has 5 heteroatoms. The Balaban J connectivity index is 2.15. The number of halogens is 1. The first-order chi connectivity index (χ1) is 8.52. The molecular weight excluding hydrogens is 253 g/mol. The molecule has 2 rings (SSSR count). The van der Waals surface area contributed by atoms with Gasteiger partial charge in [0.1, 0.15) is 5.82 Å². The van der Waals surface area contributed by atoms with Crippen LogP contribution in [0.2, 0.25) is 0 Å². The Morgan fingerprint density at radius 1 is 1.61 bits per heavy atom. The second kappa shape index (κ2) is 5.18. The van der Waals surface area contributed by atoms with E-state index in [2.05, 4.69) is 12.2 Å². The maximum atomic E-state index is 13.7. The molecular formula is C13H16FNO2S. The van der Waals surface area contributed by atoms with E-state index in [1.54, 1.807) is 0 Å². The highest BCUT2D eigenvalue weighted by Crippen LogP contribution is 2.38. The second-order valence-electron chi connectivity index (χ2n) is 4.72. The van der Waals surface area contributed by atoms with Gasteiger partial charge in [0.05, 0.1) is 11.3 Å². The highest BCUT2D eigenvalue weighted by molar-refractivity contribution is 8.00. The van der Waals surface area contributed by atoms with Gasteiger partial charge in [0.2, 0.25) is 0 Å². The summed E-state index contributed by atoms with van der Waals surface area (Å²) in [6.07, 6.45) is 2.23. The Morgan fingerprint density at radius 3 is 3.00 bits per heavy atom. The Morgan fingerprint density at radius 2 is 2.39 bits per heavy atom. The van der Waals surface area contributed by atoms with E-state index < -0.39 is 11.8 Å². The lowest BCUT2D eigenvalue weighted by Crippen LogP contribution is -2.28. The standard InChI is InChI=1S/C13H16FNO2S/c1-13(6-3-7-18-13)8-15-11-9(12(16)17)4-2-5-10(11)14/h2,4-5,15H,3,6-8H2,1H3,(H,16,17). The molecule has 0 radical (unpaired) electrons. The van der Waals surface area contributed by atoms with Crippen molar-refractivity contribution < 1.29 is 14.3 Å². The molecule has 18 heavy (non-hydrogen) atoms. The van der Waals surface area contributed by atoms with Crippen LogP contribution in [0.25, 0.3) is 0 Å². The van der Waals surface area contributed by atoms with Gasteiger partial charge in [-0.05, 0) is 37.7 Å². The van der Waals surface area contributed by atoms with Gasteiger partial charge < -0.3 is 10.4 Å². The third kappa shape index (κ3) is 2.77. The van der Waals surface area contributed by atoms with Gasteiger partial charge in [0.25, 0.3) is 0 Å². The molecule has 0 bridgehead atoms. The topological polar surface area (TPSA) is 49.3 Å². The monoisotopic (exact) mass is 269 g/mol. The van der Waals surface area contributed by atoms with Gasteiger partial charge in [-0.3, -0.25) is 0 Å². The summed E-state index contributed by atoms with van der Waals surface area (Å²) < 4.78 is 13.7. The van der Waals surface area contributed by atoms with E-state index in [4.69, 9.17) is 5.11 Å². The molecule has 1 saturated heterocycles. The van der Waals surface area contributed by atoms with Crippen molar-refractivity contribution in [3.63, 3.8) is 0 Å². The average Bonchev–Trinajstić information content (AvgIpc) is 2.74. The van der Waals surface area contributed by atoms with Crippen molar-refractivity contribution in [2.24, 2.45) is 0 Å². The number of carboxylic acid groups (broad SMARTS) is 1. The number of carboxylic acids is 1. The van der Waals surface area contributed by atoms with E-state index in [-0.39, 0.29) is 16.0 Å². The molecule has 1 unspecified atom stereocenters. The third-order valence-corrected chi connectivity index (χ3v) is 4.72. The molecule has 1 aromatic rings. The molecule has 2 N–H and O–H groups in total. The minimum atomic E-state index is -1.11. The van der Waals surface area contributed by atoms with Crippen molar-refractivity contribution in [3.05, 3.63) is 29.6 Å². The zero-order valence-corrected chi connectivity index (χ0v) is 11.0. The van der Waals surface area contributed by atoms with Crippen molar-refractivity contribution in [2.45, 2.75) is 24.5 Å². The van der Waals surface area contributed by atoms with Gasteiger partial charge in [-0.25, -0.2) is 9.18 Å². The lowest BCUT2D eigenvalue weighted by atomic mass is 10.1. The number of rotatable bonds is 4. The molecule has 1 heterocycles. The molecule has 1 aliphatic heterocycles. The van der Waals surface area contributed by atoms with Crippen LogP contribution < -0.4 is 5.32 Å². The molecule has 0 aliphatic carbocycles. The van der Waals surface area contributed by atoms with Crippen molar-refractivity contribution in [1.29, 1.82) is 0 Å². The van der Waals surface area contributed by atoms with Crippen LogP contribution in [0.5, 0.6) is 0 Å². The fourth-order valence-corrected chi connectivity index (χ4v) is 3.38. The zero-order valence-electron chi connectivity index (χ0n) is 10.2. The smallest absolute Gasteiger partial charge is 0.337 e. The highest BCUT2D eigenvalue weighted by Gasteiger charge is 2.29. The predicted molar refractivity (Wildman–Crippen MR) is 71.9 cm³/mol. The summed E-state index contributed by atoms with van der Waals surface area (Å²) in [5.74, 6) is -0.510. The molecule has 3 nitrogen and oxygen atoms in total. The Labute approximate surface area is 110 Å². The number of thioether (sulfide) groups is 1. The van der Waals surface area contributed by atoms with Gasteiger partial charge in [-0.1, -0.05) is 6.07 Å². The largest absolute Gasteiger partial charge is 0.478 e. The zero-order chi connectivity index (χ0) is 13.2. The van der Waals surface area contributed by atoms with Crippen molar-refractivity contribution in [1.82, 2.24) is 0 Å². The van der Waals surface area contributed by atoms with E-state index >= 15 is 0 Å². The summed E-state index contributed by atoms with van der Waals surface area (Å²) in [5.41, 5.74) is 0.0836. The molecule has 98 valence electrons. The van der Waals surface area contributed by atoms with Crippen LogP contribution in [0.1, 0.15) is 30.1 Å². The Bertz CT molecular complexity index is 458. The lowest BCUT2D eigenvalue weighted by molar-refractivity contribution is 0.0697. The molecule has 1 aliphatic rings. The summed E-state index contributed by atoms with van der Waals surface area (Å²) in [6, 6.07) is 4.10. The number of hydrogen-bond acceptors (Lipinski definition) is 3. The first kappa shape index (κ1) is 13.2. The summed E-state index contributed by atoms with van der Waals surface area (Å²) in [5, 5.41) is 12.0. The van der Waals surface area contributed by atoms with Gasteiger partial charge in [0.15, 0.2) is 0 Å². The van der Waals surface area contributed by atoms with Gasteiger partial charge >= 0.3 is 5.97 Å². The molecule has 0 amide bonds. The maximum Gasteiger partial charge on any atom is 0.337 e. The lowest BCUT2D eigenvalue weighted by Gasteiger charge is -2.24. The number of benzene rings is 1. The first-order valence-electron chi connectivity index (χ1n) is 5.91. The Kier molecular flexibility index (Phi) is 3.80. The molecule has 0 spiro atoms. The van der Waals surface area contributed by atoms with Crippen LogP contribution >= 0.6 is 11.8 Å². The van der Waals surface area contributed by atoms with Crippen LogP contribution in [0.3, 0.4) is 0 Å². The SMILES string of the molecule is CC1(CNc2c(F)cccc2C(=O)O)CCCS1. The van der Waals surface area contributed by atoms with Crippen LogP contribution in [-0.2, 0) is 0 Å². The summed E-state index contributed by atoms with van der Waals surface area (Å²) in [4.78, 5) is 11.0. The number of hydrogen-bond donors (Lipinski definition) is 2. The summed E-state index contributed by atoms with van der Waals surface area (Å²) >= 11 is 1.85. The highest BCUT2D eigenvalue weighted by atomic mass is 32.2. The number of carbonyl (C=O) groups is 1. The second-order valence-corrected chi connectivity index (χ2v) is 6.41. The van der Waals surface area contributed by atoms with Gasteiger partial charge in [-0.15, -0.1) is 0 Å². The number of para-hydroxylation sites is 1. The van der Waals surface area contributed by atoms with Crippen LogP contribution in [0.4, 0.5) is 10.1 Å². The van der Waals surface area contributed by atoms with Crippen LogP contribution in [-0.4, -0.2) is 28.1 Å². The van der Waals surface area contributed by atoms with Gasteiger partial charge in [0, 0.05) is 11.3 Å². The normalized spacial score (nSPS) is 23.0. The molecule has 0 saturated carbocycles. The van der Waals surface area contributed by atoms with Crippen molar-refractivity contribution in [3.8, 4) is 0 Å². The fourth-order valence-electron chi connectivity index (χ4n) is 2.13. The quantitative estimate of drug-likeness (QED) is 0.881. The summed E-state index contributed by atoms with van der Waals surface area (Å²) in [7, 11) is 0. The van der Waals surface area contributed by atoms with Crippen LogP contribution in [0.15, 0.2) is 18.2 Å². The predicted octanol–water partition coefficient (Wildman–Crippen LogP) is 3.22. The van der Waals surface area contributed by atoms with E-state index in [9.17, 15) is 9.18 Å². The number of aromatic carboxylic acids is 1. The third-order valence-electron chi connectivity index (χ3n) is 3.18. The van der Waals surface area contributed by atoms with Crippen LogP contribution in [0, 0.1) is 5.82 Å². The van der Waals surface area contributed by atoms with E-state index in [0.717, 1.165) is 18.6 Å². The van der Waals surface area contributed by atoms with Crippen molar-refractivity contribution >= 4 is 23.4 Å². The first-order valence-corrected chi connectivity index (χ1v) is 6.90. The van der Waals surface area contributed by atoms with Crippen molar-refractivity contribution in [2.75, 3.05) is 17.6 Å². The molecule has 0 aromatic heterocycles. The molecule has 1 fully saturated rings.